The summed E-state index contributed by atoms with van der Waals surface area (Å²) >= 11 is 0. The summed E-state index contributed by atoms with van der Waals surface area (Å²) in [6.07, 6.45) is 8.63. The van der Waals surface area contributed by atoms with E-state index >= 15 is 0 Å². The highest BCUT2D eigenvalue weighted by Crippen LogP contribution is 2.30. The normalized spacial score (nSPS) is 30.2. The van der Waals surface area contributed by atoms with Crippen LogP contribution in [0.25, 0.3) is 0 Å². The molecule has 1 saturated carbocycles. The molecule has 2 aliphatic rings. The fraction of sp³-hybridized carbons (Fsp3) is 1.00. The van der Waals surface area contributed by atoms with Crippen molar-refractivity contribution in [3.63, 3.8) is 0 Å². The van der Waals surface area contributed by atoms with Crippen LogP contribution < -0.4 is 5.32 Å². The van der Waals surface area contributed by atoms with E-state index < -0.39 is 0 Å². The third kappa shape index (κ3) is 5.07. The van der Waals surface area contributed by atoms with E-state index in [1.807, 2.05) is 0 Å². The topological polar surface area (TPSA) is 15.3 Å². The van der Waals surface area contributed by atoms with Crippen molar-refractivity contribution in [1.29, 1.82) is 0 Å². The first-order valence-electron chi connectivity index (χ1n) is 8.60. The molecule has 112 valence electrons. The second-order valence-corrected chi connectivity index (χ2v) is 7.38. The first-order chi connectivity index (χ1) is 9.15. The van der Waals surface area contributed by atoms with Gasteiger partial charge >= 0.3 is 0 Å². The zero-order chi connectivity index (χ0) is 13.7. The van der Waals surface area contributed by atoms with Crippen LogP contribution in [0.3, 0.4) is 0 Å². The molecule has 2 atom stereocenters. The van der Waals surface area contributed by atoms with Gasteiger partial charge in [0.2, 0.25) is 0 Å². The molecule has 2 nitrogen and oxygen atoms in total. The molecule has 1 saturated heterocycles. The fourth-order valence-corrected chi connectivity index (χ4v) is 3.95. The molecular formula is C17H34N2. The van der Waals surface area contributed by atoms with Gasteiger partial charge in [-0.3, -0.25) is 0 Å². The third-order valence-electron chi connectivity index (χ3n) is 5.22. The summed E-state index contributed by atoms with van der Waals surface area (Å²) in [6, 6.07) is 0.715. The van der Waals surface area contributed by atoms with Gasteiger partial charge in [-0.2, -0.15) is 0 Å². The molecule has 0 radical (unpaired) electrons. The Morgan fingerprint density at radius 1 is 1.00 bits per heavy atom. The van der Waals surface area contributed by atoms with Gasteiger partial charge in [0.25, 0.3) is 0 Å². The van der Waals surface area contributed by atoms with Crippen molar-refractivity contribution >= 4 is 0 Å². The quantitative estimate of drug-likeness (QED) is 0.819. The highest BCUT2D eigenvalue weighted by Gasteiger charge is 2.24. The molecule has 0 aromatic heterocycles. The molecule has 2 heteroatoms. The van der Waals surface area contributed by atoms with Crippen LogP contribution in [0.5, 0.6) is 0 Å². The number of hydrogen-bond acceptors (Lipinski definition) is 2. The Kier molecular flexibility index (Phi) is 6.15. The standard InChI is InChI=1S/C17H34N2/c1-14(2)19(12-16-7-9-18-10-8-16)13-17-6-4-5-15(3)11-17/h14-18H,4-13H2,1-3H3. The van der Waals surface area contributed by atoms with Crippen LogP contribution in [0.1, 0.15) is 59.3 Å². The second kappa shape index (κ2) is 7.64. The van der Waals surface area contributed by atoms with Gasteiger partial charge in [0, 0.05) is 19.1 Å². The third-order valence-corrected chi connectivity index (χ3v) is 5.22. The number of nitrogens with one attached hydrogen (secondary N) is 1. The van der Waals surface area contributed by atoms with Gasteiger partial charge in [0.1, 0.15) is 0 Å². The maximum atomic E-state index is 3.49. The molecule has 19 heavy (non-hydrogen) atoms. The molecule has 0 bridgehead atoms. The van der Waals surface area contributed by atoms with Crippen molar-refractivity contribution in [2.24, 2.45) is 17.8 Å². The lowest BCUT2D eigenvalue weighted by molar-refractivity contribution is 0.122. The Hall–Kier alpha value is -0.0800. The van der Waals surface area contributed by atoms with Crippen LogP contribution in [-0.2, 0) is 0 Å². The smallest absolute Gasteiger partial charge is 0.00388 e. The Labute approximate surface area is 120 Å². The van der Waals surface area contributed by atoms with Crippen molar-refractivity contribution in [2.45, 2.75) is 65.3 Å². The summed E-state index contributed by atoms with van der Waals surface area (Å²) in [4.78, 5) is 2.78. The van der Waals surface area contributed by atoms with E-state index in [2.05, 4.69) is 31.0 Å². The summed E-state index contributed by atoms with van der Waals surface area (Å²) in [5.74, 6) is 2.86. The predicted octanol–water partition coefficient (Wildman–Crippen LogP) is 3.52. The zero-order valence-electron chi connectivity index (χ0n) is 13.3. The Morgan fingerprint density at radius 2 is 1.68 bits per heavy atom. The number of piperidine rings is 1. The van der Waals surface area contributed by atoms with Crippen molar-refractivity contribution in [3.05, 3.63) is 0 Å². The highest BCUT2D eigenvalue weighted by atomic mass is 15.1. The summed E-state index contributed by atoms with van der Waals surface area (Å²) in [5, 5.41) is 3.49. The zero-order valence-corrected chi connectivity index (χ0v) is 13.3. The van der Waals surface area contributed by atoms with Crippen molar-refractivity contribution in [2.75, 3.05) is 26.2 Å². The molecule has 0 spiro atoms. The van der Waals surface area contributed by atoms with E-state index in [0.717, 1.165) is 17.8 Å². The van der Waals surface area contributed by atoms with Gasteiger partial charge in [-0.25, -0.2) is 0 Å². The fourth-order valence-electron chi connectivity index (χ4n) is 3.95. The lowest BCUT2D eigenvalue weighted by Crippen LogP contribution is -2.42. The largest absolute Gasteiger partial charge is 0.317 e. The maximum absolute atomic E-state index is 3.49. The summed E-state index contributed by atoms with van der Waals surface area (Å²) in [6.45, 7) is 12.4. The SMILES string of the molecule is CC1CCCC(CN(CC2CCNCC2)C(C)C)C1. The van der Waals surface area contributed by atoms with Crippen molar-refractivity contribution < 1.29 is 0 Å². The summed E-state index contributed by atoms with van der Waals surface area (Å²) in [5.41, 5.74) is 0. The minimum Gasteiger partial charge on any atom is -0.317 e. The first kappa shape index (κ1) is 15.3. The number of rotatable bonds is 5. The van der Waals surface area contributed by atoms with Gasteiger partial charge in [-0.1, -0.05) is 19.8 Å². The molecule has 1 aliphatic heterocycles. The Morgan fingerprint density at radius 3 is 2.32 bits per heavy atom. The van der Waals surface area contributed by atoms with Crippen LogP contribution in [0.2, 0.25) is 0 Å². The van der Waals surface area contributed by atoms with E-state index in [1.165, 1.54) is 64.7 Å². The van der Waals surface area contributed by atoms with Crippen LogP contribution in [-0.4, -0.2) is 37.1 Å². The molecule has 1 N–H and O–H groups in total. The van der Waals surface area contributed by atoms with E-state index in [1.54, 1.807) is 0 Å². The molecule has 1 aliphatic carbocycles. The highest BCUT2D eigenvalue weighted by molar-refractivity contribution is 4.78. The van der Waals surface area contributed by atoms with Gasteiger partial charge in [0.05, 0.1) is 0 Å². The minimum atomic E-state index is 0.715. The molecule has 2 fully saturated rings. The second-order valence-electron chi connectivity index (χ2n) is 7.38. The van der Waals surface area contributed by atoms with E-state index in [9.17, 15) is 0 Å². The summed E-state index contributed by atoms with van der Waals surface area (Å²) in [7, 11) is 0. The molecule has 2 rings (SSSR count). The average Bonchev–Trinajstić information content (AvgIpc) is 2.39. The molecule has 0 aromatic rings. The molecular weight excluding hydrogens is 232 g/mol. The van der Waals surface area contributed by atoms with Crippen LogP contribution in [0, 0.1) is 17.8 Å². The predicted molar refractivity (Wildman–Crippen MR) is 83.4 cm³/mol. The van der Waals surface area contributed by atoms with E-state index in [0.29, 0.717) is 6.04 Å². The van der Waals surface area contributed by atoms with Crippen molar-refractivity contribution in [3.8, 4) is 0 Å². The van der Waals surface area contributed by atoms with Gasteiger partial charge in [-0.05, 0) is 70.4 Å². The number of hydrogen-bond donors (Lipinski definition) is 1. The molecule has 2 unspecified atom stereocenters. The lowest BCUT2D eigenvalue weighted by atomic mass is 9.82. The van der Waals surface area contributed by atoms with E-state index in [4.69, 9.17) is 0 Å². The molecule has 0 aromatic carbocycles. The van der Waals surface area contributed by atoms with Crippen LogP contribution in [0.4, 0.5) is 0 Å². The van der Waals surface area contributed by atoms with Crippen molar-refractivity contribution in [1.82, 2.24) is 10.2 Å². The monoisotopic (exact) mass is 266 g/mol. The lowest BCUT2D eigenvalue weighted by Gasteiger charge is -2.37. The van der Waals surface area contributed by atoms with Crippen LogP contribution >= 0.6 is 0 Å². The van der Waals surface area contributed by atoms with Crippen LogP contribution in [0.15, 0.2) is 0 Å². The Bertz CT molecular complexity index is 246. The minimum absolute atomic E-state index is 0.715. The maximum Gasteiger partial charge on any atom is 0.00388 e. The van der Waals surface area contributed by atoms with Gasteiger partial charge in [-0.15, -0.1) is 0 Å². The number of nitrogens with zero attached hydrogens (tertiary/aromatic N) is 1. The first-order valence-corrected chi connectivity index (χ1v) is 8.60. The van der Waals surface area contributed by atoms with Gasteiger partial charge in [0.15, 0.2) is 0 Å². The molecule has 0 amide bonds. The Balaban J connectivity index is 1.81. The molecule has 1 heterocycles. The van der Waals surface area contributed by atoms with E-state index in [-0.39, 0.29) is 0 Å². The summed E-state index contributed by atoms with van der Waals surface area (Å²) < 4.78 is 0. The van der Waals surface area contributed by atoms with Gasteiger partial charge < -0.3 is 10.2 Å². The average molecular weight is 266 g/mol.